The normalized spacial score (nSPS) is 10.5. The fraction of sp³-hybridized carbons (Fsp3) is 0.467. The van der Waals surface area contributed by atoms with Crippen LogP contribution in [0, 0.1) is 0 Å². The number of para-hydroxylation sites is 2. The summed E-state index contributed by atoms with van der Waals surface area (Å²) in [6.45, 7) is 3.11. The van der Waals surface area contributed by atoms with E-state index in [1.807, 2.05) is 24.0 Å². The Labute approximate surface area is 125 Å². The number of carbonyl (C=O) groups is 2. The smallest absolute Gasteiger partial charge is 0.238 e. The Kier molecular flexibility index (Phi) is 6.68. The van der Waals surface area contributed by atoms with Crippen molar-refractivity contribution in [2.75, 3.05) is 44.8 Å². The minimum Gasteiger partial charge on any atom is -0.397 e. The largest absolute Gasteiger partial charge is 0.397 e. The van der Waals surface area contributed by atoms with Gasteiger partial charge in [0.1, 0.15) is 0 Å². The molecule has 0 bridgehead atoms. The van der Waals surface area contributed by atoms with Gasteiger partial charge in [-0.05, 0) is 25.1 Å². The van der Waals surface area contributed by atoms with Gasteiger partial charge in [-0.1, -0.05) is 19.1 Å². The zero-order chi connectivity index (χ0) is 15.8. The second kappa shape index (κ2) is 8.26. The van der Waals surface area contributed by atoms with E-state index in [1.165, 1.54) is 4.90 Å². The maximum absolute atomic E-state index is 12.1. The van der Waals surface area contributed by atoms with E-state index in [4.69, 9.17) is 5.73 Å². The summed E-state index contributed by atoms with van der Waals surface area (Å²) in [5.41, 5.74) is 6.91. The number of nitrogens with zero attached hydrogens (tertiary/aromatic N) is 2. The number of amides is 2. The molecular weight excluding hydrogens is 268 g/mol. The third kappa shape index (κ3) is 5.83. The summed E-state index contributed by atoms with van der Waals surface area (Å²) in [4.78, 5) is 27.2. The highest BCUT2D eigenvalue weighted by Crippen LogP contribution is 2.16. The first-order chi connectivity index (χ1) is 9.93. The first-order valence-electron chi connectivity index (χ1n) is 7.01. The first-order valence-corrected chi connectivity index (χ1v) is 7.01. The van der Waals surface area contributed by atoms with Crippen LogP contribution in [0.5, 0.6) is 0 Å². The quantitative estimate of drug-likeness (QED) is 0.735. The molecule has 0 saturated carbocycles. The van der Waals surface area contributed by atoms with E-state index < -0.39 is 0 Å². The Hall–Kier alpha value is -2.08. The summed E-state index contributed by atoms with van der Waals surface area (Å²) in [6.07, 6.45) is 0.876. The molecule has 0 aliphatic heterocycles. The van der Waals surface area contributed by atoms with Crippen LogP contribution in [0.3, 0.4) is 0 Å². The van der Waals surface area contributed by atoms with Crippen molar-refractivity contribution in [1.29, 1.82) is 0 Å². The van der Waals surface area contributed by atoms with Gasteiger partial charge in [0.25, 0.3) is 0 Å². The van der Waals surface area contributed by atoms with E-state index in [1.54, 1.807) is 26.2 Å². The molecule has 0 aromatic heterocycles. The van der Waals surface area contributed by atoms with Crippen LogP contribution in [0.4, 0.5) is 11.4 Å². The molecule has 3 N–H and O–H groups in total. The van der Waals surface area contributed by atoms with Gasteiger partial charge in [-0.15, -0.1) is 0 Å². The number of rotatable bonds is 7. The molecule has 6 nitrogen and oxygen atoms in total. The van der Waals surface area contributed by atoms with E-state index in [0.29, 0.717) is 17.9 Å². The predicted molar refractivity (Wildman–Crippen MR) is 84.9 cm³/mol. The monoisotopic (exact) mass is 292 g/mol. The maximum atomic E-state index is 12.1. The summed E-state index contributed by atoms with van der Waals surface area (Å²) in [7, 11) is 3.41. The molecular formula is C15H24N4O2. The van der Waals surface area contributed by atoms with Gasteiger partial charge in [-0.2, -0.15) is 0 Å². The van der Waals surface area contributed by atoms with Crippen molar-refractivity contribution in [2.45, 2.75) is 13.3 Å². The van der Waals surface area contributed by atoms with Crippen LogP contribution in [0.1, 0.15) is 13.3 Å². The van der Waals surface area contributed by atoms with Crippen LogP contribution in [0.15, 0.2) is 24.3 Å². The molecule has 116 valence electrons. The van der Waals surface area contributed by atoms with Crippen LogP contribution in [-0.2, 0) is 9.59 Å². The topological polar surface area (TPSA) is 78.7 Å². The number of nitrogens with one attached hydrogen (secondary N) is 1. The summed E-state index contributed by atoms with van der Waals surface area (Å²) in [5.74, 6) is -0.191. The molecule has 21 heavy (non-hydrogen) atoms. The number of likely N-dealkylation sites (N-methyl/N-ethyl adjacent to an activating group) is 1. The molecule has 1 aromatic rings. The van der Waals surface area contributed by atoms with Gasteiger partial charge in [0.15, 0.2) is 0 Å². The van der Waals surface area contributed by atoms with E-state index >= 15 is 0 Å². The zero-order valence-electron chi connectivity index (χ0n) is 12.9. The summed E-state index contributed by atoms with van der Waals surface area (Å²) < 4.78 is 0. The fourth-order valence-corrected chi connectivity index (χ4v) is 1.87. The number of carbonyl (C=O) groups excluding carboxylic acids is 2. The van der Waals surface area contributed by atoms with Crippen molar-refractivity contribution in [3.05, 3.63) is 24.3 Å². The van der Waals surface area contributed by atoms with Crippen molar-refractivity contribution in [3.8, 4) is 0 Å². The molecule has 0 spiro atoms. The third-order valence-electron chi connectivity index (χ3n) is 3.00. The van der Waals surface area contributed by atoms with Gasteiger partial charge in [-0.25, -0.2) is 0 Å². The minimum absolute atomic E-state index is 0.0181. The van der Waals surface area contributed by atoms with E-state index in [0.717, 1.165) is 6.42 Å². The van der Waals surface area contributed by atoms with Gasteiger partial charge in [0.2, 0.25) is 11.8 Å². The molecule has 1 rings (SSSR count). The average Bonchev–Trinajstić information content (AvgIpc) is 2.41. The zero-order valence-corrected chi connectivity index (χ0v) is 12.9. The highest BCUT2D eigenvalue weighted by Gasteiger charge is 2.15. The highest BCUT2D eigenvalue weighted by atomic mass is 16.2. The van der Waals surface area contributed by atoms with Gasteiger partial charge in [0, 0.05) is 14.1 Å². The van der Waals surface area contributed by atoms with Crippen LogP contribution >= 0.6 is 0 Å². The molecule has 0 unspecified atom stereocenters. The van der Waals surface area contributed by atoms with Gasteiger partial charge < -0.3 is 16.0 Å². The Morgan fingerprint density at radius 3 is 2.43 bits per heavy atom. The number of nitrogen functional groups attached to an aromatic ring is 1. The lowest BCUT2D eigenvalue weighted by atomic mass is 10.2. The Morgan fingerprint density at radius 1 is 1.19 bits per heavy atom. The first kappa shape index (κ1) is 17.0. The molecule has 0 saturated heterocycles. The van der Waals surface area contributed by atoms with E-state index in [2.05, 4.69) is 5.32 Å². The van der Waals surface area contributed by atoms with Crippen LogP contribution in [0.2, 0.25) is 0 Å². The number of hydrogen-bond donors (Lipinski definition) is 2. The van der Waals surface area contributed by atoms with E-state index in [-0.39, 0.29) is 24.9 Å². The Bertz CT molecular complexity index is 488. The second-order valence-corrected chi connectivity index (χ2v) is 5.13. The molecule has 0 fully saturated rings. The second-order valence-electron chi connectivity index (χ2n) is 5.13. The summed E-state index contributed by atoms with van der Waals surface area (Å²) >= 11 is 0. The SMILES string of the molecule is CCCN(CC(=O)Nc1ccccc1N)CC(=O)N(C)C. The molecule has 0 heterocycles. The van der Waals surface area contributed by atoms with Crippen molar-refractivity contribution in [3.63, 3.8) is 0 Å². The van der Waals surface area contributed by atoms with Crippen LogP contribution in [0.25, 0.3) is 0 Å². The van der Waals surface area contributed by atoms with Crippen molar-refractivity contribution >= 4 is 23.2 Å². The number of nitrogens with two attached hydrogens (primary N) is 1. The molecule has 0 aliphatic rings. The molecule has 1 aromatic carbocycles. The van der Waals surface area contributed by atoms with E-state index in [9.17, 15) is 9.59 Å². The number of anilines is 2. The minimum atomic E-state index is -0.173. The van der Waals surface area contributed by atoms with Gasteiger partial charge in [0.05, 0.1) is 24.5 Å². The standard InChI is InChI=1S/C15H24N4O2/c1-4-9-19(11-15(21)18(2)3)10-14(20)17-13-8-6-5-7-12(13)16/h5-8H,4,9-11,16H2,1-3H3,(H,17,20). The highest BCUT2D eigenvalue weighted by molar-refractivity contribution is 5.95. The lowest BCUT2D eigenvalue weighted by molar-refractivity contribution is -0.130. The average molecular weight is 292 g/mol. The Morgan fingerprint density at radius 2 is 1.86 bits per heavy atom. The van der Waals surface area contributed by atoms with Gasteiger partial charge in [-0.3, -0.25) is 14.5 Å². The lowest BCUT2D eigenvalue weighted by Gasteiger charge is -2.22. The number of hydrogen-bond acceptors (Lipinski definition) is 4. The fourth-order valence-electron chi connectivity index (χ4n) is 1.87. The van der Waals surface area contributed by atoms with Crippen molar-refractivity contribution in [1.82, 2.24) is 9.80 Å². The maximum Gasteiger partial charge on any atom is 0.238 e. The molecule has 0 radical (unpaired) electrons. The summed E-state index contributed by atoms with van der Waals surface area (Å²) in [5, 5.41) is 2.77. The summed E-state index contributed by atoms with van der Waals surface area (Å²) in [6, 6.07) is 7.10. The lowest BCUT2D eigenvalue weighted by Crippen LogP contribution is -2.41. The number of benzene rings is 1. The molecule has 6 heteroatoms. The predicted octanol–water partition coefficient (Wildman–Crippen LogP) is 1.01. The van der Waals surface area contributed by atoms with Crippen molar-refractivity contribution in [2.24, 2.45) is 0 Å². The molecule has 0 atom stereocenters. The molecule has 0 aliphatic carbocycles. The van der Waals surface area contributed by atoms with Crippen LogP contribution in [-0.4, -0.2) is 55.3 Å². The van der Waals surface area contributed by atoms with Crippen LogP contribution < -0.4 is 11.1 Å². The molecule has 2 amide bonds. The van der Waals surface area contributed by atoms with Gasteiger partial charge >= 0.3 is 0 Å². The van der Waals surface area contributed by atoms with Crippen molar-refractivity contribution < 1.29 is 9.59 Å². The Balaban J connectivity index is 2.60. The third-order valence-corrected chi connectivity index (χ3v) is 3.00.